The van der Waals surface area contributed by atoms with Crippen LogP contribution in [0.4, 0.5) is 11.5 Å². The van der Waals surface area contributed by atoms with Crippen molar-refractivity contribution in [2.24, 2.45) is 0 Å². The number of amides is 1. The number of carbonyl (C=O) groups excluding carboxylic acids is 1. The lowest BCUT2D eigenvalue weighted by Gasteiger charge is -2.06. The monoisotopic (exact) mass is 327 g/mol. The van der Waals surface area contributed by atoms with Crippen molar-refractivity contribution in [1.29, 1.82) is 0 Å². The maximum atomic E-state index is 11.6. The molecule has 23 heavy (non-hydrogen) atoms. The number of hydrogen-bond acceptors (Lipinski definition) is 6. The summed E-state index contributed by atoms with van der Waals surface area (Å²) in [7, 11) is 1.64. The van der Waals surface area contributed by atoms with E-state index in [-0.39, 0.29) is 5.91 Å². The molecule has 7 heteroatoms. The van der Waals surface area contributed by atoms with Gasteiger partial charge in [0, 0.05) is 29.6 Å². The fourth-order valence-corrected chi connectivity index (χ4v) is 3.65. The molecule has 0 aliphatic heterocycles. The number of anilines is 2. The maximum Gasteiger partial charge on any atom is 0.220 e. The minimum atomic E-state index is 0.00442. The molecule has 2 heterocycles. The van der Waals surface area contributed by atoms with Crippen LogP contribution < -0.4 is 16.8 Å². The highest BCUT2D eigenvalue weighted by Crippen LogP contribution is 2.40. The van der Waals surface area contributed by atoms with E-state index in [0.717, 1.165) is 26.2 Å². The van der Waals surface area contributed by atoms with Gasteiger partial charge in [0.15, 0.2) is 0 Å². The Kier molecular flexibility index (Phi) is 4.12. The standard InChI is InChI=1S/C16H17N5OS/c1-19-12(22)7-6-11-13(9-2-4-10(17)5-3-9)14-15(18)20-8-21-16(14)23-11/h2-5,8H,6-7,17H2,1H3,(H,19,22)(H2,18,20,21). The van der Waals surface area contributed by atoms with Crippen LogP contribution in [0.15, 0.2) is 30.6 Å². The Bertz CT molecular complexity index is 857. The number of nitrogens with two attached hydrogens (primary N) is 2. The van der Waals surface area contributed by atoms with E-state index in [2.05, 4.69) is 15.3 Å². The van der Waals surface area contributed by atoms with E-state index in [4.69, 9.17) is 11.5 Å². The topological polar surface area (TPSA) is 107 Å². The largest absolute Gasteiger partial charge is 0.399 e. The second-order valence-corrected chi connectivity index (χ2v) is 6.22. The molecule has 0 atom stereocenters. The Hall–Kier alpha value is -2.67. The molecule has 0 aliphatic rings. The van der Waals surface area contributed by atoms with Gasteiger partial charge in [-0.3, -0.25) is 4.79 Å². The predicted molar refractivity (Wildman–Crippen MR) is 94.1 cm³/mol. The molecule has 6 nitrogen and oxygen atoms in total. The summed E-state index contributed by atoms with van der Waals surface area (Å²) in [5, 5.41) is 3.49. The highest BCUT2D eigenvalue weighted by molar-refractivity contribution is 7.19. The first-order chi connectivity index (χ1) is 11.1. The molecule has 1 aromatic carbocycles. The quantitative estimate of drug-likeness (QED) is 0.637. The number of fused-ring (bicyclic) bond motifs is 1. The summed E-state index contributed by atoms with van der Waals surface area (Å²) in [6, 6.07) is 7.60. The average molecular weight is 327 g/mol. The van der Waals surface area contributed by atoms with Gasteiger partial charge in [0.05, 0.1) is 5.39 Å². The van der Waals surface area contributed by atoms with Crippen molar-refractivity contribution in [2.75, 3.05) is 18.5 Å². The summed E-state index contributed by atoms with van der Waals surface area (Å²) in [5.41, 5.74) is 14.5. The number of nitrogens with zero attached hydrogens (tertiary/aromatic N) is 2. The molecule has 0 aliphatic carbocycles. The molecule has 0 unspecified atom stereocenters. The molecular formula is C16H17N5OS. The van der Waals surface area contributed by atoms with Crippen LogP contribution in [0.1, 0.15) is 11.3 Å². The van der Waals surface area contributed by atoms with E-state index in [9.17, 15) is 4.79 Å². The van der Waals surface area contributed by atoms with E-state index in [1.54, 1.807) is 18.4 Å². The zero-order valence-electron chi connectivity index (χ0n) is 12.7. The highest BCUT2D eigenvalue weighted by Gasteiger charge is 2.18. The normalized spacial score (nSPS) is 10.8. The van der Waals surface area contributed by atoms with Gasteiger partial charge in [-0.25, -0.2) is 9.97 Å². The lowest BCUT2D eigenvalue weighted by molar-refractivity contribution is -0.120. The van der Waals surface area contributed by atoms with Crippen LogP contribution >= 0.6 is 11.3 Å². The first kappa shape index (κ1) is 15.2. The Morgan fingerprint density at radius 3 is 2.65 bits per heavy atom. The van der Waals surface area contributed by atoms with E-state index in [0.29, 0.717) is 24.3 Å². The van der Waals surface area contributed by atoms with Crippen LogP contribution in [0.5, 0.6) is 0 Å². The minimum Gasteiger partial charge on any atom is -0.399 e. The number of nitrogen functional groups attached to an aromatic ring is 2. The molecule has 0 saturated carbocycles. The second-order valence-electron chi connectivity index (χ2n) is 5.13. The van der Waals surface area contributed by atoms with Crippen LogP contribution in [-0.4, -0.2) is 22.9 Å². The predicted octanol–water partition coefficient (Wildman–Crippen LogP) is 2.20. The van der Waals surface area contributed by atoms with Crippen molar-refractivity contribution in [3.8, 4) is 11.1 Å². The Labute approximate surface area is 137 Å². The number of thiophene rings is 1. The van der Waals surface area contributed by atoms with Gasteiger partial charge in [-0.1, -0.05) is 12.1 Å². The van der Waals surface area contributed by atoms with Gasteiger partial charge < -0.3 is 16.8 Å². The number of hydrogen-bond donors (Lipinski definition) is 3. The number of rotatable bonds is 4. The van der Waals surface area contributed by atoms with Crippen LogP contribution in [-0.2, 0) is 11.2 Å². The van der Waals surface area contributed by atoms with Crippen molar-refractivity contribution in [3.05, 3.63) is 35.5 Å². The van der Waals surface area contributed by atoms with Gasteiger partial charge in [0.1, 0.15) is 17.0 Å². The molecule has 118 valence electrons. The lowest BCUT2D eigenvalue weighted by Crippen LogP contribution is -2.17. The van der Waals surface area contributed by atoms with Crippen molar-refractivity contribution >= 4 is 39.0 Å². The first-order valence-electron chi connectivity index (χ1n) is 7.18. The summed E-state index contributed by atoms with van der Waals surface area (Å²) < 4.78 is 0. The summed E-state index contributed by atoms with van der Waals surface area (Å²) >= 11 is 1.55. The first-order valence-corrected chi connectivity index (χ1v) is 8.00. The van der Waals surface area contributed by atoms with Crippen molar-refractivity contribution < 1.29 is 4.79 Å². The Morgan fingerprint density at radius 1 is 1.22 bits per heavy atom. The minimum absolute atomic E-state index is 0.00442. The average Bonchev–Trinajstić information content (AvgIpc) is 2.93. The van der Waals surface area contributed by atoms with E-state index in [1.165, 1.54) is 6.33 Å². The summed E-state index contributed by atoms with van der Waals surface area (Å²) in [4.78, 5) is 21.9. The van der Waals surface area contributed by atoms with Crippen LogP contribution in [0.3, 0.4) is 0 Å². The molecule has 0 spiro atoms. The number of aryl methyl sites for hydroxylation is 1. The van der Waals surface area contributed by atoms with E-state index in [1.807, 2.05) is 24.3 Å². The third-order valence-corrected chi connectivity index (χ3v) is 4.81. The second kappa shape index (κ2) is 6.21. The van der Waals surface area contributed by atoms with Gasteiger partial charge in [-0.05, 0) is 24.1 Å². The SMILES string of the molecule is CNC(=O)CCc1sc2ncnc(N)c2c1-c1ccc(N)cc1. The fourth-order valence-electron chi connectivity index (χ4n) is 2.48. The van der Waals surface area contributed by atoms with Gasteiger partial charge in [0.25, 0.3) is 0 Å². The summed E-state index contributed by atoms with van der Waals surface area (Å²) in [6.07, 6.45) is 2.50. The van der Waals surface area contributed by atoms with Gasteiger partial charge in [-0.15, -0.1) is 11.3 Å². The molecule has 3 aromatic rings. The van der Waals surface area contributed by atoms with Crippen molar-refractivity contribution in [1.82, 2.24) is 15.3 Å². The number of carbonyl (C=O) groups is 1. The fraction of sp³-hybridized carbons (Fsp3) is 0.188. The maximum absolute atomic E-state index is 11.6. The van der Waals surface area contributed by atoms with Crippen molar-refractivity contribution in [3.63, 3.8) is 0 Å². The molecule has 1 amide bonds. The molecule has 0 fully saturated rings. The van der Waals surface area contributed by atoms with Crippen LogP contribution in [0.25, 0.3) is 21.3 Å². The van der Waals surface area contributed by atoms with Crippen LogP contribution in [0.2, 0.25) is 0 Å². The highest BCUT2D eigenvalue weighted by atomic mass is 32.1. The van der Waals surface area contributed by atoms with E-state index < -0.39 is 0 Å². The summed E-state index contributed by atoms with van der Waals surface area (Å²) in [5.74, 6) is 0.453. The Balaban J connectivity index is 2.15. The number of benzene rings is 1. The van der Waals surface area contributed by atoms with Gasteiger partial charge in [-0.2, -0.15) is 0 Å². The molecule has 0 saturated heterocycles. The summed E-state index contributed by atoms with van der Waals surface area (Å²) in [6.45, 7) is 0. The lowest BCUT2D eigenvalue weighted by atomic mass is 10.0. The molecule has 2 aromatic heterocycles. The van der Waals surface area contributed by atoms with Gasteiger partial charge >= 0.3 is 0 Å². The molecule has 0 radical (unpaired) electrons. The molecule has 0 bridgehead atoms. The third-order valence-electron chi connectivity index (χ3n) is 3.65. The van der Waals surface area contributed by atoms with Crippen LogP contribution in [0, 0.1) is 0 Å². The Morgan fingerprint density at radius 2 is 1.96 bits per heavy atom. The molecular weight excluding hydrogens is 310 g/mol. The third kappa shape index (κ3) is 2.95. The number of nitrogens with one attached hydrogen (secondary N) is 1. The molecule has 3 rings (SSSR count). The van der Waals surface area contributed by atoms with E-state index >= 15 is 0 Å². The smallest absolute Gasteiger partial charge is 0.220 e. The van der Waals surface area contributed by atoms with Crippen molar-refractivity contribution in [2.45, 2.75) is 12.8 Å². The van der Waals surface area contributed by atoms with Gasteiger partial charge in [0.2, 0.25) is 5.91 Å². The number of aromatic nitrogens is 2. The zero-order valence-corrected chi connectivity index (χ0v) is 13.5. The zero-order chi connectivity index (χ0) is 16.4. The molecule has 5 N–H and O–H groups in total.